The lowest BCUT2D eigenvalue weighted by Crippen LogP contribution is -1.83. The van der Waals surface area contributed by atoms with Gasteiger partial charge in [0.2, 0.25) is 0 Å². The van der Waals surface area contributed by atoms with Crippen molar-refractivity contribution < 1.29 is 0 Å². The molecular formula is C13H14BrNS2. The Morgan fingerprint density at radius 1 is 1.35 bits per heavy atom. The minimum absolute atomic E-state index is 1.03. The summed E-state index contributed by atoms with van der Waals surface area (Å²) in [7, 11) is 0. The second kappa shape index (κ2) is 6.57. The second-order valence-corrected chi connectivity index (χ2v) is 6.56. The van der Waals surface area contributed by atoms with E-state index < -0.39 is 0 Å². The first-order valence-electron chi connectivity index (χ1n) is 5.58. The van der Waals surface area contributed by atoms with Crippen LogP contribution in [0.5, 0.6) is 0 Å². The van der Waals surface area contributed by atoms with Crippen LogP contribution in [0.15, 0.2) is 34.1 Å². The average Bonchev–Trinajstić information content (AvgIpc) is 2.79. The van der Waals surface area contributed by atoms with Gasteiger partial charge < -0.3 is 0 Å². The van der Waals surface area contributed by atoms with Crippen LogP contribution in [0.3, 0.4) is 0 Å². The lowest BCUT2D eigenvalue weighted by atomic mass is 10.2. The van der Waals surface area contributed by atoms with Gasteiger partial charge in [-0.15, -0.1) is 11.3 Å². The predicted molar refractivity (Wildman–Crippen MR) is 81.7 cm³/mol. The Kier molecular flexibility index (Phi) is 5.07. The van der Waals surface area contributed by atoms with Gasteiger partial charge in [0, 0.05) is 21.2 Å². The molecule has 17 heavy (non-hydrogen) atoms. The maximum absolute atomic E-state index is 4.68. The van der Waals surface area contributed by atoms with Gasteiger partial charge in [-0.1, -0.05) is 41.1 Å². The van der Waals surface area contributed by atoms with E-state index in [0.29, 0.717) is 0 Å². The van der Waals surface area contributed by atoms with E-state index >= 15 is 0 Å². The first kappa shape index (κ1) is 13.1. The highest BCUT2D eigenvalue weighted by molar-refractivity contribution is 9.10. The molecule has 90 valence electrons. The van der Waals surface area contributed by atoms with Crippen LogP contribution in [-0.2, 0) is 5.75 Å². The van der Waals surface area contributed by atoms with Crippen molar-refractivity contribution in [3.8, 4) is 11.3 Å². The maximum Gasteiger partial charge on any atom is 0.103 e. The van der Waals surface area contributed by atoms with E-state index in [9.17, 15) is 0 Å². The molecular weight excluding hydrogens is 314 g/mol. The smallest absolute Gasteiger partial charge is 0.103 e. The number of rotatable bonds is 5. The van der Waals surface area contributed by atoms with Crippen LogP contribution in [0.2, 0.25) is 0 Å². The van der Waals surface area contributed by atoms with Gasteiger partial charge >= 0.3 is 0 Å². The highest BCUT2D eigenvalue weighted by atomic mass is 79.9. The van der Waals surface area contributed by atoms with Gasteiger partial charge in [-0.2, -0.15) is 11.8 Å². The molecule has 2 aromatic rings. The fourth-order valence-electron chi connectivity index (χ4n) is 1.47. The van der Waals surface area contributed by atoms with Crippen LogP contribution in [0.4, 0.5) is 0 Å². The van der Waals surface area contributed by atoms with Crippen LogP contribution in [0.25, 0.3) is 11.3 Å². The van der Waals surface area contributed by atoms with Gasteiger partial charge in [0.1, 0.15) is 5.01 Å². The highest BCUT2D eigenvalue weighted by Crippen LogP contribution is 2.29. The normalized spacial score (nSPS) is 10.7. The van der Waals surface area contributed by atoms with Crippen molar-refractivity contribution in [2.75, 3.05) is 5.75 Å². The highest BCUT2D eigenvalue weighted by Gasteiger charge is 2.07. The van der Waals surface area contributed by atoms with Crippen molar-refractivity contribution in [2.24, 2.45) is 0 Å². The van der Waals surface area contributed by atoms with E-state index in [0.717, 1.165) is 15.9 Å². The summed E-state index contributed by atoms with van der Waals surface area (Å²) < 4.78 is 1.11. The van der Waals surface area contributed by atoms with E-state index in [1.54, 1.807) is 11.3 Å². The van der Waals surface area contributed by atoms with E-state index in [1.807, 2.05) is 23.9 Å². The summed E-state index contributed by atoms with van der Waals surface area (Å²) in [4.78, 5) is 4.68. The third kappa shape index (κ3) is 3.57. The minimum Gasteiger partial charge on any atom is -0.240 e. The van der Waals surface area contributed by atoms with Gasteiger partial charge in [-0.25, -0.2) is 4.98 Å². The van der Waals surface area contributed by atoms with Crippen molar-refractivity contribution >= 4 is 39.0 Å². The third-order valence-electron chi connectivity index (χ3n) is 2.28. The summed E-state index contributed by atoms with van der Waals surface area (Å²) in [6, 6.07) is 8.23. The standard InChI is InChI=1S/C13H14BrNS2/c1-2-7-16-9-13-15-12(8-17-13)10-5-3-4-6-11(10)14/h3-6,8H,2,7,9H2,1H3. The number of thioether (sulfide) groups is 1. The Hall–Kier alpha value is -0.320. The van der Waals surface area contributed by atoms with E-state index in [1.165, 1.54) is 22.7 Å². The first-order chi connectivity index (χ1) is 8.31. The quantitative estimate of drug-likeness (QED) is 0.698. The fraction of sp³-hybridized carbons (Fsp3) is 0.308. The average molecular weight is 328 g/mol. The summed E-state index contributed by atoms with van der Waals surface area (Å²) in [6.07, 6.45) is 1.23. The van der Waals surface area contributed by atoms with Crippen molar-refractivity contribution in [3.05, 3.63) is 39.1 Å². The zero-order valence-electron chi connectivity index (χ0n) is 9.65. The SMILES string of the molecule is CCCSCc1nc(-c2ccccc2Br)cs1. The number of benzene rings is 1. The lowest BCUT2D eigenvalue weighted by molar-refractivity contribution is 1.10. The molecule has 0 fully saturated rings. The van der Waals surface area contributed by atoms with E-state index in [-0.39, 0.29) is 0 Å². The number of halogens is 1. The van der Waals surface area contributed by atoms with Crippen LogP contribution >= 0.6 is 39.0 Å². The second-order valence-electron chi connectivity index (χ2n) is 3.66. The van der Waals surface area contributed by atoms with Crippen molar-refractivity contribution in [2.45, 2.75) is 19.1 Å². The number of hydrogen-bond donors (Lipinski definition) is 0. The van der Waals surface area contributed by atoms with Crippen molar-refractivity contribution in [1.82, 2.24) is 4.98 Å². The molecule has 0 bridgehead atoms. The van der Waals surface area contributed by atoms with Gasteiger partial charge in [0.15, 0.2) is 0 Å². The molecule has 0 N–H and O–H groups in total. The number of nitrogens with zero attached hydrogens (tertiary/aromatic N) is 1. The molecule has 0 saturated carbocycles. The molecule has 1 aromatic carbocycles. The summed E-state index contributed by atoms with van der Waals surface area (Å²) in [5.74, 6) is 2.24. The molecule has 0 atom stereocenters. The molecule has 0 unspecified atom stereocenters. The van der Waals surface area contributed by atoms with E-state index in [4.69, 9.17) is 0 Å². The molecule has 1 nitrogen and oxygen atoms in total. The summed E-state index contributed by atoms with van der Waals surface area (Å²) in [6.45, 7) is 2.21. The molecule has 0 spiro atoms. The van der Waals surface area contributed by atoms with Crippen LogP contribution in [-0.4, -0.2) is 10.7 Å². The van der Waals surface area contributed by atoms with Crippen LogP contribution in [0.1, 0.15) is 18.4 Å². The largest absolute Gasteiger partial charge is 0.240 e. The molecule has 0 saturated heterocycles. The number of thiazole rings is 1. The first-order valence-corrected chi connectivity index (χ1v) is 8.41. The fourth-order valence-corrected chi connectivity index (χ4v) is 3.73. The molecule has 4 heteroatoms. The van der Waals surface area contributed by atoms with Crippen LogP contribution in [0, 0.1) is 0 Å². The minimum atomic E-state index is 1.03. The Morgan fingerprint density at radius 3 is 2.94 bits per heavy atom. The molecule has 0 amide bonds. The number of aromatic nitrogens is 1. The lowest BCUT2D eigenvalue weighted by Gasteiger charge is -1.99. The summed E-state index contributed by atoms with van der Waals surface area (Å²) in [5, 5.41) is 3.36. The molecule has 0 aliphatic carbocycles. The Bertz CT molecular complexity index is 482. The topological polar surface area (TPSA) is 12.9 Å². The molecule has 1 heterocycles. The Balaban J connectivity index is 2.10. The van der Waals surface area contributed by atoms with Gasteiger partial charge in [0.05, 0.1) is 5.69 Å². The van der Waals surface area contributed by atoms with E-state index in [2.05, 4.69) is 45.4 Å². The maximum atomic E-state index is 4.68. The molecule has 2 rings (SSSR count). The summed E-state index contributed by atoms with van der Waals surface area (Å²) >= 11 is 7.27. The molecule has 0 aliphatic heterocycles. The van der Waals surface area contributed by atoms with Gasteiger partial charge in [-0.3, -0.25) is 0 Å². The Morgan fingerprint density at radius 2 is 2.18 bits per heavy atom. The van der Waals surface area contributed by atoms with Crippen molar-refractivity contribution in [3.63, 3.8) is 0 Å². The Labute approximate surface area is 119 Å². The zero-order chi connectivity index (χ0) is 12.1. The van der Waals surface area contributed by atoms with Gasteiger partial charge in [0.25, 0.3) is 0 Å². The molecule has 0 aliphatic rings. The van der Waals surface area contributed by atoms with Crippen molar-refractivity contribution in [1.29, 1.82) is 0 Å². The predicted octanol–water partition coefficient (Wildman–Crippen LogP) is 5.22. The van der Waals surface area contributed by atoms with Gasteiger partial charge in [-0.05, 0) is 18.2 Å². The monoisotopic (exact) mass is 327 g/mol. The molecule has 0 radical (unpaired) electrons. The molecule has 1 aromatic heterocycles. The number of hydrogen-bond acceptors (Lipinski definition) is 3. The zero-order valence-corrected chi connectivity index (χ0v) is 12.9. The summed E-state index contributed by atoms with van der Waals surface area (Å²) in [5.41, 5.74) is 2.25. The third-order valence-corrected chi connectivity index (χ3v) is 5.17. The van der Waals surface area contributed by atoms with Crippen LogP contribution < -0.4 is 0 Å².